The van der Waals surface area contributed by atoms with Gasteiger partial charge in [-0.05, 0) is 37.3 Å². The van der Waals surface area contributed by atoms with Crippen molar-refractivity contribution < 1.29 is 24.4 Å². The van der Waals surface area contributed by atoms with E-state index in [0.717, 1.165) is 16.3 Å². The number of aliphatic hydroxyl groups excluding tert-OH is 3. The summed E-state index contributed by atoms with van der Waals surface area (Å²) in [7, 11) is 0. The lowest BCUT2D eigenvalue weighted by Crippen LogP contribution is -2.53. The molecule has 3 N–H and O–H groups in total. The highest BCUT2D eigenvalue weighted by atomic mass is 35.5. The number of hydrogen-bond donors (Lipinski definition) is 3. The van der Waals surface area contributed by atoms with Gasteiger partial charge in [0.15, 0.2) is 5.82 Å². The van der Waals surface area contributed by atoms with Crippen LogP contribution in [0.15, 0.2) is 42.0 Å². The minimum absolute atomic E-state index is 0.000940. The summed E-state index contributed by atoms with van der Waals surface area (Å²) >= 11 is 13.3. The van der Waals surface area contributed by atoms with Gasteiger partial charge in [-0.2, -0.15) is 5.10 Å². The number of ether oxygens (including phenoxy) is 1. The van der Waals surface area contributed by atoms with E-state index in [0.29, 0.717) is 17.1 Å². The molecule has 5 aromatic rings. The van der Waals surface area contributed by atoms with Gasteiger partial charge in [0.05, 0.1) is 44.3 Å². The van der Waals surface area contributed by atoms with Gasteiger partial charge in [-0.15, -0.1) is 16.4 Å². The Bertz CT molecular complexity index is 1650. The number of aliphatic hydroxyl groups is 3. The Balaban J connectivity index is 1.39. The fraction of sp³-hybridized carbons (Fsp3) is 0.292. The number of aromatic nitrogens is 7. The van der Waals surface area contributed by atoms with Crippen LogP contribution in [0.4, 0.5) is 4.39 Å². The van der Waals surface area contributed by atoms with Crippen LogP contribution in [0.3, 0.4) is 0 Å². The van der Waals surface area contributed by atoms with Crippen LogP contribution in [0.2, 0.25) is 10.0 Å². The second kappa shape index (κ2) is 10.2. The maximum atomic E-state index is 14.2. The molecule has 202 valence electrons. The molecule has 0 aliphatic carbocycles. The number of aryl methyl sites for hydroxylation is 1. The maximum absolute atomic E-state index is 14.2. The fourth-order valence-electron chi connectivity index (χ4n) is 4.67. The van der Waals surface area contributed by atoms with Gasteiger partial charge in [-0.1, -0.05) is 28.4 Å². The first-order chi connectivity index (χ1) is 18.7. The molecule has 1 fully saturated rings. The molecule has 0 bridgehead atoms. The molecule has 11 nitrogen and oxygen atoms in total. The van der Waals surface area contributed by atoms with E-state index in [4.69, 9.17) is 27.9 Å². The molecule has 3 aromatic heterocycles. The molecule has 0 radical (unpaired) electrons. The van der Waals surface area contributed by atoms with E-state index in [1.165, 1.54) is 28.3 Å². The van der Waals surface area contributed by atoms with Crippen molar-refractivity contribution in [2.24, 2.45) is 0 Å². The van der Waals surface area contributed by atoms with E-state index >= 15 is 0 Å². The van der Waals surface area contributed by atoms with E-state index in [-0.39, 0.29) is 21.6 Å². The summed E-state index contributed by atoms with van der Waals surface area (Å²) in [6.45, 7) is 1.16. The van der Waals surface area contributed by atoms with Crippen LogP contribution in [0.1, 0.15) is 23.8 Å². The third kappa shape index (κ3) is 4.59. The van der Waals surface area contributed by atoms with Crippen molar-refractivity contribution in [3.63, 3.8) is 0 Å². The van der Waals surface area contributed by atoms with E-state index < -0.39 is 42.9 Å². The first kappa shape index (κ1) is 26.2. The average molecular weight is 592 g/mol. The van der Waals surface area contributed by atoms with Crippen molar-refractivity contribution in [3.8, 4) is 16.9 Å². The maximum Gasteiger partial charge on any atom is 0.164 e. The highest BCUT2D eigenvalue weighted by Crippen LogP contribution is 2.39. The summed E-state index contributed by atoms with van der Waals surface area (Å²) in [4.78, 5) is 8.80. The van der Waals surface area contributed by atoms with Crippen LogP contribution in [0.25, 0.3) is 27.2 Å². The molecule has 15 heteroatoms. The standard InChI is InChI=1S/C24H20Cl2FN7O4S/c1-10-29-24(34(31-10)12-2-3-15-18(6-12)39-9-28-15)23-22(37)20(21(36)17(8-35)38-23)33-7-16(30-32-33)11-4-13(25)19(26)14(27)5-11/h2-7,9,17,20-23,35-37H,8H2,1H3/t17-,20+,21+,22-,23-/m1/s1. The minimum Gasteiger partial charge on any atom is -0.394 e. The predicted octanol–water partition coefficient (Wildman–Crippen LogP) is 3.29. The number of thiazole rings is 1. The fourth-order valence-corrected chi connectivity index (χ4v) is 5.69. The van der Waals surface area contributed by atoms with Crippen molar-refractivity contribution in [1.29, 1.82) is 0 Å². The number of hydrogen-bond acceptors (Lipinski definition) is 10. The van der Waals surface area contributed by atoms with Crippen LogP contribution in [0, 0.1) is 12.7 Å². The van der Waals surface area contributed by atoms with Crippen LogP contribution in [-0.4, -0.2) is 75.0 Å². The summed E-state index contributed by atoms with van der Waals surface area (Å²) in [5.41, 5.74) is 3.78. The van der Waals surface area contributed by atoms with Gasteiger partial charge in [0.2, 0.25) is 0 Å². The number of rotatable bonds is 5. The largest absolute Gasteiger partial charge is 0.394 e. The summed E-state index contributed by atoms with van der Waals surface area (Å²) in [5.74, 6) is -0.0318. The highest BCUT2D eigenvalue weighted by Gasteiger charge is 2.48. The molecule has 6 rings (SSSR count). The van der Waals surface area contributed by atoms with Gasteiger partial charge in [-0.25, -0.2) is 23.7 Å². The zero-order valence-corrected chi connectivity index (χ0v) is 22.4. The third-order valence-corrected chi connectivity index (χ3v) is 8.11. The van der Waals surface area contributed by atoms with Crippen molar-refractivity contribution in [3.05, 3.63) is 69.6 Å². The number of nitrogens with zero attached hydrogens (tertiary/aromatic N) is 7. The Morgan fingerprint density at radius 1 is 1.15 bits per heavy atom. The topological polar surface area (TPSA) is 144 Å². The van der Waals surface area contributed by atoms with E-state index in [9.17, 15) is 19.7 Å². The minimum atomic E-state index is -1.39. The predicted molar refractivity (Wildman–Crippen MR) is 140 cm³/mol. The Kier molecular flexibility index (Phi) is 6.83. The number of halogens is 3. The van der Waals surface area contributed by atoms with E-state index in [1.54, 1.807) is 17.1 Å². The van der Waals surface area contributed by atoms with Crippen molar-refractivity contribution in [1.82, 2.24) is 34.7 Å². The highest BCUT2D eigenvalue weighted by molar-refractivity contribution is 7.16. The van der Waals surface area contributed by atoms with E-state index in [2.05, 4.69) is 25.4 Å². The van der Waals surface area contributed by atoms with Crippen LogP contribution < -0.4 is 0 Å². The number of fused-ring (bicyclic) bond motifs is 1. The molecule has 5 atom stereocenters. The Labute approximate surface area is 234 Å². The van der Waals surface area contributed by atoms with Crippen molar-refractivity contribution >= 4 is 44.8 Å². The SMILES string of the molecule is Cc1nc([C@@H]2O[C@H](CO)[C@H](O)[C@H](n3cc(-c4cc(F)c(Cl)c(Cl)c4)nn3)[C@H]2O)n(-c2ccc3ncsc3c2)n1. The zero-order valence-electron chi connectivity index (χ0n) is 20.1. The molecular weight excluding hydrogens is 572 g/mol. The molecule has 1 aliphatic rings. The summed E-state index contributed by atoms with van der Waals surface area (Å²) < 4.78 is 23.9. The molecular formula is C24H20Cl2FN7O4S. The van der Waals surface area contributed by atoms with Crippen molar-refractivity contribution in [2.75, 3.05) is 6.61 Å². The molecule has 2 aromatic carbocycles. The van der Waals surface area contributed by atoms with Crippen LogP contribution >= 0.6 is 34.5 Å². The lowest BCUT2D eigenvalue weighted by molar-refractivity contribution is -0.210. The molecule has 0 amide bonds. The summed E-state index contributed by atoms with van der Waals surface area (Å²) in [6.07, 6.45) is -3.53. The molecule has 1 aliphatic heterocycles. The summed E-state index contributed by atoms with van der Waals surface area (Å²) in [6, 6.07) is 7.06. The zero-order chi connectivity index (χ0) is 27.4. The lowest BCUT2D eigenvalue weighted by Gasteiger charge is -2.41. The lowest BCUT2D eigenvalue weighted by atomic mass is 9.92. The molecule has 4 heterocycles. The molecule has 1 saturated heterocycles. The third-order valence-electron chi connectivity index (χ3n) is 6.54. The van der Waals surface area contributed by atoms with Gasteiger partial charge in [0.1, 0.15) is 47.8 Å². The van der Waals surface area contributed by atoms with Gasteiger partial charge in [0.25, 0.3) is 0 Å². The molecule has 0 saturated carbocycles. The van der Waals surface area contributed by atoms with Gasteiger partial charge in [0, 0.05) is 5.56 Å². The number of benzene rings is 2. The molecule has 39 heavy (non-hydrogen) atoms. The second-order valence-electron chi connectivity index (χ2n) is 9.02. The smallest absolute Gasteiger partial charge is 0.164 e. The molecule has 0 spiro atoms. The Morgan fingerprint density at radius 3 is 2.74 bits per heavy atom. The van der Waals surface area contributed by atoms with Gasteiger partial charge >= 0.3 is 0 Å². The van der Waals surface area contributed by atoms with Gasteiger partial charge < -0.3 is 20.1 Å². The molecule has 0 unspecified atom stereocenters. The average Bonchev–Trinajstić information content (AvgIpc) is 3.67. The van der Waals surface area contributed by atoms with Crippen molar-refractivity contribution in [2.45, 2.75) is 37.4 Å². The Hall–Kier alpha value is -3.04. The van der Waals surface area contributed by atoms with E-state index in [1.807, 2.05) is 18.2 Å². The second-order valence-corrected chi connectivity index (χ2v) is 10.7. The normalized spacial score (nSPS) is 23.5. The summed E-state index contributed by atoms with van der Waals surface area (Å²) in [5, 5.41) is 44.9. The van der Waals surface area contributed by atoms with Crippen LogP contribution in [0.5, 0.6) is 0 Å². The van der Waals surface area contributed by atoms with Gasteiger partial charge in [-0.3, -0.25) is 0 Å². The monoisotopic (exact) mass is 591 g/mol. The quantitative estimate of drug-likeness (QED) is 0.262. The first-order valence-corrected chi connectivity index (χ1v) is 13.3. The first-order valence-electron chi connectivity index (χ1n) is 11.7. The Morgan fingerprint density at radius 2 is 1.97 bits per heavy atom. The van der Waals surface area contributed by atoms with Crippen LogP contribution in [-0.2, 0) is 4.74 Å².